The molecular formula is C33H31FN2O4. The SMILES string of the molecule is COC(=O)C[C@@H]1COc2cc(O[C@@H]3CCc4c(-c5c(C)cc(-c6cnc(C)cn6)cc5C)ccc(F)c43)ccc21. The molecule has 0 amide bonds. The average molecular weight is 539 g/mol. The molecule has 6 nitrogen and oxygen atoms in total. The molecule has 0 radical (unpaired) electrons. The van der Waals surface area contributed by atoms with Crippen LogP contribution in [-0.4, -0.2) is 29.7 Å². The number of carbonyl (C=O) groups excluding carboxylic acids is 1. The van der Waals surface area contributed by atoms with Gasteiger partial charge in [-0.3, -0.25) is 14.8 Å². The largest absolute Gasteiger partial charge is 0.492 e. The molecule has 1 aliphatic heterocycles. The number of fused-ring (bicyclic) bond motifs is 2. The molecule has 2 aliphatic rings. The Kier molecular flexibility index (Phi) is 6.74. The molecule has 204 valence electrons. The Morgan fingerprint density at radius 3 is 2.58 bits per heavy atom. The van der Waals surface area contributed by atoms with Gasteiger partial charge in [-0.1, -0.05) is 12.1 Å². The third-order valence-corrected chi connectivity index (χ3v) is 7.95. The van der Waals surface area contributed by atoms with Crippen LogP contribution in [0, 0.1) is 26.6 Å². The summed E-state index contributed by atoms with van der Waals surface area (Å²) in [5.41, 5.74) is 9.66. The molecule has 4 aromatic rings. The van der Waals surface area contributed by atoms with Crippen molar-refractivity contribution in [3.63, 3.8) is 0 Å². The van der Waals surface area contributed by atoms with Crippen LogP contribution in [0.2, 0.25) is 0 Å². The minimum absolute atomic E-state index is 0.0420. The zero-order chi connectivity index (χ0) is 28.0. The zero-order valence-electron chi connectivity index (χ0n) is 23.1. The van der Waals surface area contributed by atoms with E-state index in [1.165, 1.54) is 7.11 Å². The van der Waals surface area contributed by atoms with Crippen molar-refractivity contribution in [1.29, 1.82) is 0 Å². The van der Waals surface area contributed by atoms with E-state index in [9.17, 15) is 4.79 Å². The smallest absolute Gasteiger partial charge is 0.306 e. The van der Waals surface area contributed by atoms with E-state index in [2.05, 4.69) is 35.9 Å². The molecule has 0 saturated carbocycles. The van der Waals surface area contributed by atoms with Gasteiger partial charge >= 0.3 is 5.97 Å². The fourth-order valence-electron chi connectivity index (χ4n) is 6.05. The first-order chi connectivity index (χ1) is 19.3. The Hall–Kier alpha value is -4.26. The van der Waals surface area contributed by atoms with Crippen molar-refractivity contribution >= 4 is 5.97 Å². The van der Waals surface area contributed by atoms with Crippen molar-refractivity contribution in [3.8, 4) is 33.9 Å². The molecule has 1 aromatic heterocycles. The van der Waals surface area contributed by atoms with Crippen LogP contribution in [-0.2, 0) is 16.0 Å². The van der Waals surface area contributed by atoms with Crippen LogP contribution in [0.1, 0.15) is 58.4 Å². The van der Waals surface area contributed by atoms with Crippen molar-refractivity contribution in [2.75, 3.05) is 13.7 Å². The highest BCUT2D eigenvalue weighted by Gasteiger charge is 2.32. The normalized spacial score (nSPS) is 17.2. The van der Waals surface area contributed by atoms with Gasteiger partial charge in [0.05, 0.1) is 37.7 Å². The topological polar surface area (TPSA) is 70.5 Å². The number of rotatable bonds is 6. The van der Waals surface area contributed by atoms with Crippen molar-refractivity contribution in [2.24, 2.45) is 0 Å². The van der Waals surface area contributed by atoms with Gasteiger partial charge in [0.25, 0.3) is 0 Å². The Morgan fingerprint density at radius 2 is 1.85 bits per heavy atom. The Labute approximate surface area is 233 Å². The molecule has 0 saturated heterocycles. The van der Waals surface area contributed by atoms with Crippen molar-refractivity contribution < 1.29 is 23.4 Å². The van der Waals surface area contributed by atoms with Crippen LogP contribution in [0.15, 0.2) is 54.9 Å². The number of ether oxygens (including phenoxy) is 3. The maximum absolute atomic E-state index is 15.3. The maximum Gasteiger partial charge on any atom is 0.306 e. The summed E-state index contributed by atoms with van der Waals surface area (Å²) >= 11 is 0. The number of hydrogen-bond donors (Lipinski definition) is 0. The molecule has 1 aliphatic carbocycles. The lowest BCUT2D eigenvalue weighted by atomic mass is 9.88. The van der Waals surface area contributed by atoms with E-state index < -0.39 is 6.10 Å². The molecule has 0 bridgehead atoms. The number of aryl methyl sites for hydroxylation is 3. The van der Waals surface area contributed by atoms with E-state index in [1.807, 2.05) is 31.2 Å². The van der Waals surface area contributed by atoms with Crippen molar-refractivity contribution in [3.05, 3.63) is 94.2 Å². The summed E-state index contributed by atoms with van der Waals surface area (Å²) in [7, 11) is 1.39. The highest BCUT2D eigenvalue weighted by molar-refractivity contribution is 5.79. The van der Waals surface area contributed by atoms with E-state index in [4.69, 9.17) is 14.2 Å². The molecule has 2 heterocycles. The quantitative estimate of drug-likeness (QED) is 0.247. The standard InChI is InChI=1S/C33H31FN2O4/c1-18-11-21(28-16-35-20(3)15-36-28)12-19(2)32(18)25-7-9-27(34)33-26(25)8-10-29(33)40-23-5-6-24-22(13-31(37)38-4)17-39-30(24)14-23/h5-7,9,11-12,14-16,22,29H,8,10,13,17H2,1-4H3/t22-,29-/m1/s1. The van der Waals surface area contributed by atoms with E-state index in [0.717, 1.165) is 56.8 Å². The van der Waals surface area contributed by atoms with Gasteiger partial charge in [0.2, 0.25) is 0 Å². The fourth-order valence-corrected chi connectivity index (χ4v) is 6.05. The van der Waals surface area contributed by atoms with E-state index in [-0.39, 0.29) is 24.1 Å². The molecule has 0 fully saturated rings. The van der Waals surface area contributed by atoms with Crippen LogP contribution in [0.4, 0.5) is 4.39 Å². The Bertz CT molecular complexity index is 1590. The Morgan fingerprint density at radius 1 is 1.05 bits per heavy atom. The van der Waals surface area contributed by atoms with Gasteiger partial charge < -0.3 is 14.2 Å². The fraction of sp³-hybridized carbons (Fsp3) is 0.303. The third kappa shape index (κ3) is 4.70. The van der Waals surface area contributed by atoms with Crippen LogP contribution < -0.4 is 9.47 Å². The van der Waals surface area contributed by atoms with Crippen LogP contribution in [0.5, 0.6) is 11.5 Å². The van der Waals surface area contributed by atoms with Crippen LogP contribution >= 0.6 is 0 Å². The maximum atomic E-state index is 15.3. The molecular weight excluding hydrogens is 507 g/mol. The van der Waals surface area contributed by atoms with E-state index in [0.29, 0.717) is 30.1 Å². The summed E-state index contributed by atoms with van der Waals surface area (Å²) < 4.78 is 32.3. The molecule has 0 unspecified atom stereocenters. The number of methoxy groups -OCH3 is 1. The number of carbonyl (C=O) groups is 1. The van der Waals surface area contributed by atoms with Gasteiger partial charge in [-0.25, -0.2) is 4.39 Å². The van der Waals surface area contributed by atoms with Gasteiger partial charge in [-0.2, -0.15) is 0 Å². The average Bonchev–Trinajstić information content (AvgIpc) is 3.54. The summed E-state index contributed by atoms with van der Waals surface area (Å²) in [6, 6.07) is 13.3. The molecule has 0 spiro atoms. The minimum Gasteiger partial charge on any atom is -0.492 e. The zero-order valence-corrected chi connectivity index (χ0v) is 23.1. The molecule has 3 aromatic carbocycles. The van der Waals surface area contributed by atoms with Gasteiger partial charge in [-0.05, 0) is 85.7 Å². The lowest BCUT2D eigenvalue weighted by Gasteiger charge is -2.19. The lowest BCUT2D eigenvalue weighted by Crippen LogP contribution is -2.09. The third-order valence-electron chi connectivity index (χ3n) is 7.95. The summed E-state index contributed by atoms with van der Waals surface area (Å²) in [4.78, 5) is 20.7. The molecule has 2 atom stereocenters. The van der Waals surface area contributed by atoms with Crippen molar-refractivity contribution in [2.45, 2.75) is 52.1 Å². The first-order valence-corrected chi connectivity index (χ1v) is 13.5. The van der Waals surface area contributed by atoms with Gasteiger partial charge in [0.15, 0.2) is 0 Å². The second-order valence-electron chi connectivity index (χ2n) is 10.6. The van der Waals surface area contributed by atoms with Crippen molar-refractivity contribution in [1.82, 2.24) is 9.97 Å². The lowest BCUT2D eigenvalue weighted by molar-refractivity contribution is -0.141. The summed E-state index contributed by atoms with van der Waals surface area (Å²) in [5.74, 6) is 0.761. The van der Waals surface area contributed by atoms with Crippen LogP contribution in [0.3, 0.4) is 0 Å². The molecule has 40 heavy (non-hydrogen) atoms. The summed E-state index contributed by atoms with van der Waals surface area (Å²) in [6.45, 7) is 6.52. The summed E-state index contributed by atoms with van der Waals surface area (Å²) in [6.07, 6.45) is 4.84. The number of aromatic nitrogens is 2. The number of benzene rings is 3. The number of hydrogen-bond acceptors (Lipinski definition) is 6. The van der Waals surface area contributed by atoms with Crippen LogP contribution in [0.25, 0.3) is 22.4 Å². The molecule has 0 N–H and O–H groups in total. The number of nitrogens with zero attached hydrogens (tertiary/aromatic N) is 2. The first kappa shape index (κ1) is 26.0. The first-order valence-electron chi connectivity index (χ1n) is 13.5. The number of esters is 1. The molecule has 7 heteroatoms. The second kappa shape index (κ2) is 10.4. The Balaban J connectivity index is 1.29. The van der Waals surface area contributed by atoms with E-state index in [1.54, 1.807) is 18.5 Å². The highest BCUT2D eigenvalue weighted by atomic mass is 19.1. The molecule has 6 rings (SSSR count). The number of halogens is 1. The minimum atomic E-state index is -0.400. The monoisotopic (exact) mass is 538 g/mol. The van der Waals surface area contributed by atoms with Gasteiger partial charge in [0, 0.05) is 34.9 Å². The highest BCUT2D eigenvalue weighted by Crippen LogP contribution is 2.45. The predicted molar refractivity (Wildman–Crippen MR) is 150 cm³/mol. The van der Waals surface area contributed by atoms with E-state index >= 15 is 4.39 Å². The summed E-state index contributed by atoms with van der Waals surface area (Å²) in [5, 5.41) is 0. The van der Waals surface area contributed by atoms with Gasteiger partial charge in [0.1, 0.15) is 23.4 Å². The predicted octanol–water partition coefficient (Wildman–Crippen LogP) is 6.98. The second-order valence-corrected chi connectivity index (χ2v) is 10.6. The van der Waals surface area contributed by atoms with Gasteiger partial charge in [-0.15, -0.1) is 0 Å².